The molecule has 4 heteroatoms. The molecule has 3 aromatic carbocycles. The van der Waals surface area contributed by atoms with Gasteiger partial charge in [0, 0.05) is 10.7 Å². The Morgan fingerprint density at radius 3 is 1.08 bits per heavy atom. The molecule has 26 heavy (non-hydrogen) atoms. The first kappa shape index (κ1) is 19.0. The minimum absolute atomic E-state index is 0.558. The van der Waals surface area contributed by atoms with E-state index < -0.39 is 0 Å². The lowest BCUT2D eigenvalue weighted by molar-refractivity contribution is 0.302. The van der Waals surface area contributed by atoms with Crippen molar-refractivity contribution in [2.75, 3.05) is 0 Å². The minimum atomic E-state index is 0.558. The number of hydrogen-bond donors (Lipinski definition) is 0. The summed E-state index contributed by atoms with van der Waals surface area (Å²) >= 11 is 6.89. The van der Waals surface area contributed by atoms with E-state index in [4.69, 9.17) is 9.47 Å². The first-order valence-corrected chi connectivity index (χ1v) is 10.6. The van der Waals surface area contributed by atoms with E-state index in [0.717, 1.165) is 33.3 Å². The van der Waals surface area contributed by atoms with Crippen LogP contribution in [0.4, 0.5) is 0 Å². The molecule has 0 aliphatic rings. The van der Waals surface area contributed by atoms with Crippen LogP contribution in [0.1, 0.15) is 22.3 Å². The van der Waals surface area contributed by atoms with E-state index in [1.54, 1.807) is 0 Å². The number of benzene rings is 3. The maximum Gasteiger partial charge on any atom is 0.119 e. The van der Waals surface area contributed by atoms with E-state index in [9.17, 15) is 0 Å². The predicted molar refractivity (Wildman–Crippen MR) is 113 cm³/mol. The molecule has 0 heterocycles. The van der Waals surface area contributed by atoms with Gasteiger partial charge in [-0.05, 0) is 46.5 Å². The lowest BCUT2D eigenvalue weighted by atomic mass is 10.1. The highest BCUT2D eigenvalue weighted by atomic mass is 79.9. The van der Waals surface area contributed by atoms with Crippen LogP contribution in [0.15, 0.2) is 72.8 Å². The van der Waals surface area contributed by atoms with Gasteiger partial charge in [-0.1, -0.05) is 80.4 Å². The highest BCUT2D eigenvalue weighted by Gasteiger charge is 2.00. The van der Waals surface area contributed by atoms with Crippen LogP contribution in [-0.2, 0) is 23.9 Å². The first-order valence-electron chi connectivity index (χ1n) is 8.40. The van der Waals surface area contributed by atoms with Crippen LogP contribution >= 0.6 is 31.9 Å². The molecular formula is C22H20Br2O2. The maximum atomic E-state index is 5.83. The molecule has 0 saturated carbocycles. The fraction of sp³-hybridized carbons (Fsp3) is 0.182. The molecule has 0 saturated heterocycles. The zero-order valence-corrected chi connectivity index (χ0v) is 17.5. The van der Waals surface area contributed by atoms with Crippen molar-refractivity contribution in [1.82, 2.24) is 0 Å². The van der Waals surface area contributed by atoms with Gasteiger partial charge in [0.25, 0.3) is 0 Å². The molecule has 2 nitrogen and oxygen atoms in total. The van der Waals surface area contributed by atoms with Crippen molar-refractivity contribution >= 4 is 31.9 Å². The summed E-state index contributed by atoms with van der Waals surface area (Å²) < 4.78 is 11.7. The summed E-state index contributed by atoms with van der Waals surface area (Å²) in [6.07, 6.45) is 0. The Bertz CT molecular complexity index is 727. The molecule has 3 rings (SSSR count). The van der Waals surface area contributed by atoms with Gasteiger partial charge >= 0.3 is 0 Å². The van der Waals surface area contributed by atoms with Crippen LogP contribution in [0.25, 0.3) is 0 Å². The highest BCUT2D eigenvalue weighted by Crippen LogP contribution is 2.18. The molecule has 0 bridgehead atoms. The van der Waals surface area contributed by atoms with Gasteiger partial charge in [0.1, 0.15) is 24.7 Å². The van der Waals surface area contributed by atoms with Crippen LogP contribution in [0.5, 0.6) is 11.5 Å². The van der Waals surface area contributed by atoms with Crippen molar-refractivity contribution in [2.45, 2.75) is 23.9 Å². The van der Waals surface area contributed by atoms with Crippen molar-refractivity contribution < 1.29 is 9.47 Å². The largest absolute Gasteiger partial charge is 0.489 e. The van der Waals surface area contributed by atoms with E-state index in [-0.39, 0.29) is 0 Å². The fourth-order valence-electron chi connectivity index (χ4n) is 2.41. The number of alkyl halides is 2. The Kier molecular flexibility index (Phi) is 7.15. The van der Waals surface area contributed by atoms with Gasteiger partial charge in [0.2, 0.25) is 0 Å². The number of rotatable bonds is 8. The minimum Gasteiger partial charge on any atom is -0.489 e. The third-order valence-electron chi connectivity index (χ3n) is 3.99. The molecule has 0 spiro atoms. The average Bonchev–Trinajstić information content (AvgIpc) is 2.72. The molecule has 0 aromatic heterocycles. The molecule has 3 aromatic rings. The summed E-state index contributed by atoms with van der Waals surface area (Å²) in [7, 11) is 0. The molecule has 0 radical (unpaired) electrons. The highest BCUT2D eigenvalue weighted by molar-refractivity contribution is 9.08. The Morgan fingerprint density at radius 2 is 0.769 bits per heavy atom. The van der Waals surface area contributed by atoms with Crippen LogP contribution in [0, 0.1) is 0 Å². The standard InChI is InChI=1S/C22H20Br2O2/c23-13-17-5-9-21(10-6-17)25-15-19-1-2-20(4-3-19)16-26-22-11-7-18(14-24)8-12-22/h1-12H,13-16H2. The van der Waals surface area contributed by atoms with E-state index >= 15 is 0 Å². The summed E-state index contributed by atoms with van der Waals surface area (Å²) in [4.78, 5) is 0. The Labute approximate surface area is 171 Å². The lowest BCUT2D eigenvalue weighted by Crippen LogP contribution is -1.98. The van der Waals surface area contributed by atoms with Crippen molar-refractivity contribution in [2.24, 2.45) is 0 Å². The van der Waals surface area contributed by atoms with Crippen LogP contribution in [0.2, 0.25) is 0 Å². The second-order valence-corrected chi connectivity index (χ2v) is 7.07. The maximum absolute atomic E-state index is 5.83. The van der Waals surface area contributed by atoms with Crippen LogP contribution in [0.3, 0.4) is 0 Å². The van der Waals surface area contributed by atoms with Gasteiger partial charge in [0.05, 0.1) is 0 Å². The quantitative estimate of drug-likeness (QED) is 0.340. The van der Waals surface area contributed by atoms with Crippen LogP contribution < -0.4 is 9.47 Å². The summed E-state index contributed by atoms with van der Waals surface area (Å²) in [5, 5.41) is 1.72. The second-order valence-electron chi connectivity index (χ2n) is 5.95. The van der Waals surface area contributed by atoms with E-state index in [2.05, 4.69) is 80.4 Å². The molecule has 0 aliphatic carbocycles. The van der Waals surface area contributed by atoms with E-state index in [0.29, 0.717) is 13.2 Å². The van der Waals surface area contributed by atoms with Gasteiger partial charge in [-0.3, -0.25) is 0 Å². The van der Waals surface area contributed by atoms with Crippen molar-refractivity contribution in [3.05, 3.63) is 95.1 Å². The topological polar surface area (TPSA) is 18.5 Å². The average molecular weight is 476 g/mol. The first-order chi connectivity index (χ1) is 12.8. The molecule has 134 valence electrons. The smallest absolute Gasteiger partial charge is 0.119 e. The van der Waals surface area contributed by atoms with Gasteiger partial charge in [-0.25, -0.2) is 0 Å². The van der Waals surface area contributed by atoms with Gasteiger partial charge < -0.3 is 9.47 Å². The van der Waals surface area contributed by atoms with Gasteiger partial charge in [-0.15, -0.1) is 0 Å². The summed E-state index contributed by atoms with van der Waals surface area (Å²) in [6.45, 7) is 1.12. The Morgan fingerprint density at radius 1 is 0.462 bits per heavy atom. The SMILES string of the molecule is BrCc1ccc(OCc2ccc(COc3ccc(CBr)cc3)cc2)cc1. The second kappa shape index (κ2) is 9.79. The van der Waals surface area contributed by atoms with Crippen molar-refractivity contribution in [3.8, 4) is 11.5 Å². The van der Waals surface area contributed by atoms with E-state index in [1.165, 1.54) is 11.1 Å². The molecule has 0 amide bonds. The molecule has 0 N–H and O–H groups in total. The van der Waals surface area contributed by atoms with Gasteiger partial charge in [0.15, 0.2) is 0 Å². The van der Waals surface area contributed by atoms with Gasteiger partial charge in [-0.2, -0.15) is 0 Å². The Hall–Kier alpha value is -1.78. The van der Waals surface area contributed by atoms with Crippen LogP contribution in [-0.4, -0.2) is 0 Å². The molecular weight excluding hydrogens is 456 g/mol. The van der Waals surface area contributed by atoms with Crippen molar-refractivity contribution in [3.63, 3.8) is 0 Å². The zero-order valence-electron chi connectivity index (χ0n) is 14.3. The van der Waals surface area contributed by atoms with E-state index in [1.807, 2.05) is 24.3 Å². The normalized spacial score (nSPS) is 10.5. The summed E-state index contributed by atoms with van der Waals surface area (Å²) in [5.74, 6) is 1.77. The summed E-state index contributed by atoms with van der Waals surface area (Å²) in [5.41, 5.74) is 4.76. The zero-order chi connectivity index (χ0) is 18.2. The predicted octanol–water partition coefficient (Wildman–Crippen LogP) is 6.63. The number of hydrogen-bond acceptors (Lipinski definition) is 2. The molecule has 0 aliphatic heterocycles. The van der Waals surface area contributed by atoms with Crippen molar-refractivity contribution in [1.29, 1.82) is 0 Å². The monoisotopic (exact) mass is 474 g/mol. The molecule has 0 unspecified atom stereocenters. The fourth-order valence-corrected chi connectivity index (χ4v) is 3.16. The number of ether oxygens (including phenoxy) is 2. The lowest BCUT2D eigenvalue weighted by Gasteiger charge is -2.09. The third-order valence-corrected chi connectivity index (χ3v) is 5.28. The number of halogens is 2. The summed E-state index contributed by atoms with van der Waals surface area (Å²) in [6, 6.07) is 24.6. The Balaban J connectivity index is 1.49. The molecule has 0 fully saturated rings. The third kappa shape index (κ3) is 5.61. The molecule has 0 atom stereocenters.